The average molecular weight is 536 g/mol. The number of nitrogen functional groups attached to an aromatic ring is 1. The van der Waals surface area contributed by atoms with E-state index in [4.69, 9.17) is 10.7 Å². The van der Waals surface area contributed by atoms with Crippen molar-refractivity contribution in [3.63, 3.8) is 0 Å². The van der Waals surface area contributed by atoms with E-state index in [1.54, 1.807) is 31.5 Å². The number of anilines is 2. The normalized spacial score (nSPS) is 18.6. The molecule has 4 heterocycles. The second-order valence-electron chi connectivity index (χ2n) is 9.92. The van der Waals surface area contributed by atoms with Crippen LogP contribution in [-0.4, -0.2) is 42.6 Å². The zero-order valence-corrected chi connectivity index (χ0v) is 22.8. The number of carbonyl (C=O) groups excluding carboxylic acids is 2. The van der Waals surface area contributed by atoms with E-state index in [-0.39, 0.29) is 23.8 Å². The maximum atomic E-state index is 13.1. The molecule has 2 atom stereocenters. The van der Waals surface area contributed by atoms with E-state index >= 15 is 0 Å². The van der Waals surface area contributed by atoms with Gasteiger partial charge in [-0.3, -0.25) is 14.0 Å². The highest BCUT2D eigenvalue weighted by Gasteiger charge is 2.32. The van der Waals surface area contributed by atoms with E-state index in [0.29, 0.717) is 29.3 Å². The molecule has 5 rings (SSSR count). The zero-order chi connectivity index (χ0) is 28.1. The molecule has 1 fully saturated rings. The van der Waals surface area contributed by atoms with Crippen molar-refractivity contribution in [1.82, 2.24) is 24.3 Å². The molecule has 1 saturated heterocycles. The lowest BCUT2D eigenvalue weighted by Gasteiger charge is -2.33. The number of nitrogens with zero attached hydrogens (tertiary/aromatic N) is 5. The lowest BCUT2D eigenvalue weighted by molar-refractivity contribution is -0.129. The van der Waals surface area contributed by atoms with Crippen molar-refractivity contribution in [2.75, 3.05) is 17.6 Å². The molecule has 0 saturated carbocycles. The number of rotatable bonds is 6. The van der Waals surface area contributed by atoms with Crippen LogP contribution in [0.15, 0.2) is 66.7 Å². The molecule has 3 aromatic rings. The van der Waals surface area contributed by atoms with E-state index < -0.39 is 0 Å². The summed E-state index contributed by atoms with van der Waals surface area (Å²) >= 11 is 0. The van der Waals surface area contributed by atoms with Crippen molar-refractivity contribution in [2.45, 2.75) is 57.9 Å². The number of likely N-dealkylation sites (tertiary alicyclic amines) is 1. The molecule has 2 aliphatic rings. The van der Waals surface area contributed by atoms with Gasteiger partial charge in [0.1, 0.15) is 23.0 Å². The monoisotopic (exact) mass is 535 g/mol. The predicted octanol–water partition coefficient (Wildman–Crippen LogP) is 4.51. The fourth-order valence-electron chi connectivity index (χ4n) is 5.32. The van der Waals surface area contributed by atoms with Crippen molar-refractivity contribution in [3.05, 3.63) is 83.8 Å². The van der Waals surface area contributed by atoms with E-state index in [2.05, 4.69) is 34.0 Å². The highest BCUT2D eigenvalue weighted by Crippen LogP contribution is 2.35. The molecular weight excluding hydrogens is 502 g/mol. The standard InChI is InChI=1S/C31H33N7O2/c1-3-8-21-15-16-33-25(20-21)35-31(40)23-11-7-10-22(13-14-23)27-28-29(32)34-17-19-38(28)30(36-27)24-12-5-6-18-37(24)26(39)9-4-2/h7,10-11,13-17,19-20,22,24H,3,5-6,8,12,18H2,1-2H3,(H2,32,34)(H,33,35,40). The second kappa shape index (κ2) is 12.0. The first kappa shape index (κ1) is 26.9. The van der Waals surface area contributed by atoms with Crippen LogP contribution < -0.4 is 11.1 Å². The van der Waals surface area contributed by atoms with Gasteiger partial charge in [-0.05, 0) is 62.3 Å². The van der Waals surface area contributed by atoms with Gasteiger partial charge in [0, 0.05) is 36.6 Å². The van der Waals surface area contributed by atoms with Crippen LogP contribution in [-0.2, 0) is 16.0 Å². The molecule has 2 unspecified atom stereocenters. The van der Waals surface area contributed by atoms with Gasteiger partial charge in [-0.25, -0.2) is 15.0 Å². The maximum absolute atomic E-state index is 13.1. The number of allylic oxidation sites excluding steroid dienone is 4. The SMILES string of the molecule is CC#CC(=O)N1CCCCC1c1nc(C2C=CC=C(C(=O)Nc3cc(CCC)ccn3)C=C2)c2c(N)nccn12. The molecule has 1 aliphatic carbocycles. The van der Waals surface area contributed by atoms with Crippen LogP contribution in [0.3, 0.4) is 0 Å². The Hall–Kier alpha value is -4.71. The van der Waals surface area contributed by atoms with Crippen LogP contribution in [0.25, 0.3) is 5.52 Å². The molecule has 0 spiro atoms. The lowest BCUT2D eigenvalue weighted by atomic mass is 10.0. The molecule has 0 radical (unpaired) electrons. The van der Waals surface area contributed by atoms with Gasteiger partial charge in [-0.2, -0.15) is 0 Å². The Kier molecular flexibility index (Phi) is 8.06. The summed E-state index contributed by atoms with van der Waals surface area (Å²) in [5.74, 6) is 6.33. The third-order valence-corrected chi connectivity index (χ3v) is 7.19. The molecule has 9 nitrogen and oxygen atoms in total. The number of hydrogen-bond donors (Lipinski definition) is 2. The highest BCUT2D eigenvalue weighted by atomic mass is 16.2. The number of amides is 2. The summed E-state index contributed by atoms with van der Waals surface area (Å²) in [5.41, 5.74) is 9.42. The fourth-order valence-corrected chi connectivity index (χ4v) is 5.32. The molecule has 1 aliphatic heterocycles. The smallest absolute Gasteiger partial charge is 0.299 e. The topological polar surface area (TPSA) is 119 Å². The molecule has 0 aromatic carbocycles. The number of aryl methyl sites for hydroxylation is 1. The largest absolute Gasteiger partial charge is 0.382 e. The third kappa shape index (κ3) is 5.52. The van der Waals surface area contributed by atoms with Crippen LogP contribution in [0, 0.1) is 11.8 Å². The summed E-state index contributed by atoms with van der Waals surface area (Å²) in [4.78, 5) is 41.4. The Bertz CT molecular complexity index is 1590. The lowest BCUT2D eigenvalue weighted by Crippen LogP contribution is -2.38. The van der Waals surface area contributed by atoms with Crippen LogP contribution in [0.4, 0.5) is 11.6 Å². The van der Waals surface area contributed by atoms with Gasteiger partial charge >= 0.3 is 0 Å². The fraction of sp³-hybridized carbons (Fsp3) is 0.323. The quantitative estimate of drug-likeness (QED) is 0.449. The number of pyridine rings is 1. The molecule has 3 N–H and O–H groups in total. The maximum Gasteiger partial charge on any atom is 0.299 e. The second-order valence-corrected chi connectivity index (χ2v) is 9.92. The van der Waals surface area contributed by atoms with Gasteiger partial charge in [-0.15, -0.1) is 0 Å². The van der Waals surface area contributed by atoms with E-state index in [9.17, 15) is 9.59 Å². The minimum Gasteiger partial charge on any atom is -0.382 e. The van der Waals surface area contributed by atoms with Crippen LogP contribution >= 0.6 is 0 Å². The summed E-state index contributed by atoms with van der Waals surface area (Å²) < 4.78 is 1.94. The van der Waals surface area contributed by atoms with Gasteiger partial charge in [-0.1, -0.05) is 43.6 Å². The van der Waals surface area contributed by atoms with Crippen LogP contribution in [0.2, 0.25) is 0 Å². The van der Waals surface area contributed by atoms with Gasteiger partial charge in [0.2, 0.25) is 0 Å². The number of nitrogens with two attached hydrogens (primary N) is 1. The van der Waals surface area contributed by atoms with Crippen molar-refractivity contribution >= 4 is 29.0 Å². The summed E-state index contributed by atoms with van der Waals surface area (Å²) in [7, 11) is 0. The molecule has 9 heteroatoms. The zero-order valence-electron chi connectivity index (χ0n) is 22.8. The van der Waals surface area contributed by atoms with Gasteiger partial charge in [0.15, 0.2) is 0 Å². The van der Waals surface area contributed by atoms with E-state index in [1.165, 1.54) is 0 Å². The van der Waals surface area contributed by atoms with Gasteiger partial charge in [0.25, 0.3) is 11.8 Å². The molecule has 3 aromatic heterocycles. The highest BCUT2D eigenvalue weighted by molar-refractivity contribution is 6.05. The summed E-state index contributed by atoms with van der Waals surface area (Å²) in [6.07, 6.45) is 19.2. The first-order chi connectivity index (χ1) is 19.5. The number of aromatic nitrogens is 4. The summed E-state index contributed by atoms with van der Waals surface area (Å²) in [6.45, 7) is 4.41. The molecule has 0 bridgehead atoms. The van der Waals surface area contributed by atoms with Crippen molar-refractivity contribution in [1.29, 1.82) is 0 Å². The minimum absolute atomic E-state index is 0.198. The Morgan fingerprint density at radius 2 is 2.08 bits per heavy atom. The molecule has 2 amide bonds. The van der Waals surface area contributed by atoms with Gasteiger partial charge in [0.05, 0.1) is 11.7 Å². The minimum atomic E-state index is -0.258. The number of piperidine rings is 1. The Labute approximate surface area is 233 Å². The van der Waals surface area contributed by atoms with E-state index in [1.807, 2.05) is 45.9 Å². The Morgan fingerprint density at radius 1 is 1.20 bits per heavy atom. The first-order valence-electron chi connectivity index (χ1n) is 13.7. The van der Waals surface area contributed by atoms with Crippen molar-refractivity contribution in [2.24, 2.45) is 0 Å². The Balaban J connectivity index is 1.44. The molecular formula is C31H33N7O2. The van der Waals surface area contributed by atoms with Gasteiger partial charge < -0.3 is 16.0 Å². The van der Waals surface area contributed by atoms with Crippen LogP contribution in [0.5, 0.6) is 0 Å². The summed E-state index contributed by atoms with van der Waals surface area (Å²) in [5, 5.41) is 2.90. The number of nitrogens with one attached hydrogen (secondary N) is 1. The average Bonchev–Trinajstić information content (AvgIpc) is 3.17. The number of fused-ring (bicyclic) bond motifs is 1. The summed E-state index contributed by atoms with van der Waals surface area (Å²) in [6, 6.07) is 3.64. The van der Waals surface area contributed by atoms with E-state index in [0.717, 1.165) is 49.2 Å². The van der Waals surface area contributed by atoms with Crippen molar-refractivity contribution < 1.29 is 9.59 Å². The first-order valence-corrected chi connectivity index (χ1v) is 13.7. The molecule has 40 heavy (non-hydrogen) atoms. The molecule has 204 valence electrons. The van der Waals surface area contributed by atoms with Crippen molar-refractivity contribution in [3.8, 4) is 11.8 Å². The third-order valence-electron chi connectivity index (χ3n) is 7.19. The predicted molar refractivity (Wildman–Crippen MR) is 155 cm³/mol. The number of carbonyl (C=O) groups is 2. The number of imidazole rings is 1. The Morgan fingerprint density at radius 3 is 2.90 bits per heavy atom. The van der Waals surface area contributed by atoms with Crippen LogP contribution in [0.1, 0.15) is 68.6 Å². The number of hydrogen-bond acceptors (Lipinski definition) is 6.